The van der Waals surface area contributed by atoms with Gasteiger partial charge in [0.1, 0.15) is 11.9 Å². The zero-order chi connectivity index (χ0) is 25.7. The minimum atomic E-state index is -1.17. The van der Waals surface area contributed by atoms with Gasteiger partial charge in [0.25, 0.3) is 0 Å². The molecule has 3 rings (SSSR count). The van der Waals surface area contributed by atoms with Crippen molar-refractivity contribution in [3.05, 3.63) is 66.1 Å². The minimum Gasteiger partial charge on any atom is -0.480 e. The summed E-state index contributed by atoms with van der Waals surface area (Å²) in [6.45, 7) is 5.43. The van der Waals surface area contributed by atoms with Crippen molar-refractivity contribution >= 4 is 28.9 Å². The van der Waals surface area contributed by atoms with Gasteiger partial charge in [-0.25, -0.2) is 4.39 Å². The Bertz CT molecular complexity index is 1220. The fraction of sp³-hybridized carbons (Fsp3) is 0.333. The maximum atomic E-state index is 13.6. The summed E-state index contributed by atoms with van der Waals surface area (Å²) in [5.41, 5.74) is 3.57. The summed E-state index contributed by atoms with van der Waals surface area (Å²) in [6, 6.07) is 13.2. The first-order chi connectivity index (χ1) is 16.6. The summed E-state index contributed by atoms with van der Waals surface area (Å²) in [5, 5.41) is 32.9. The lowest BCUT2D eigenvalue weighted by atomic mass is 10.0. The molecule has 0 spiro atoms. The number of aliphatic carboxylic acids is 1. The van der Waals surface area contributed by atoms with Gasteiger partial charge in [0.15, 0.2) is 0 Å². The Balaban J connectivity index is 1.87. The second-order valence-corrected chi connectivity index (χ2v) is 8.90. The Labute approximate surface area is 203 Å². The van der Waals surface area contributed by atoms with Crippen molar-refractivity contribution < 1.29 is 29.3 Å². The second-order valence-electron chi connectivity index (χ2n) is 8.90. The van der Waals surface area contributed by atoms with Gasteiger partial charge in [-0.15, -0.1) is 0 Å². The highest BCUT2D eigenvalue weighted by molar-refractivity contribution is 6.01. The molecule has 0 radical (unpaired) electrons. The number of fused-ring (bicyclic) bond motifs is 1. The molecule has 0 saturated heterocycles. The van der Waals surface area contributed by atoms with Gasteiger partial charge in [0.2, 0.25) is 5.91 Å². The van der Waals surface area contributed by atoms with Crippen molar-refractivity contribution in [2.24, 2.45) is 0 Å². The Morgan fingerprint density at radius 3 is 2.34 bits per heavy atom. The largest absolute Gasteiger partial charge is 0.480 e. The molecule has 0 aliphatic heterocycles. The van der Waals surface area contributed by atoms with Crippen molar-refractivity contribution in [3.8, 4) is 11.1 Å². The van der Waals surface area contributed by atoms with Crippen molar-refractivity contribution in [1.29, 1.82) is 0 Å². The van der Waals surface area contributed by atoms with Gasteiger partial charge in [-0.1, -0.05) is 36.4 Å². The minimum absolute atomic E-state index is 0.0939. The van der Waals surface area contributed by atoms with Crippen LogP contribution in [0.15, 0.2) is 54.6 Å². The van der Waals surface area contributed by atoms with E-state index >= 15 is 0 Å². The highest BCUT2D eigenvalue weighted by atomic mass is 19.1. The van der Waals surface area contributed by atoms with Gasteiger partial charge in [0, 0.05) is 34.6 Å². The van der Waals surface area contributed by atoms with Crippen LogP contribution in [0.2, 0.25) is 0 Å². The predicted octanol–water partition coefficient (Wildman–Crippen LogP) is 4.13. The van der Waals surface area contributed by atoms with Crippen LogP contribution in [0.1, 0.15) is 45.3 Å². The number of para-hydroxylation sites is 1. The maximum Gasteiger partial charge on any atom is 0.325 e. The average Bonchev–Trinajstić information content (AvgIpc) is 3.12. The summed E-state index contributed by atoms with van der Waals surface area (Å²) in [7, 11) is 0. The zero-order valence-electron chi connectivity index (χ0n) is 20.0. The molecule has 1 amide bonds. The SMILES string of the molecule is CC(C)n1c(C=C[C@H](O)C[C@H](O)CC(=O)N[C@H](C)C(=O)O)c(-c2ccc(F)cc2)c2ccccc21. The quantitative estimate of drug-likeness (QED) is 0.347. The number of hydrogen-bond donors (Lipinski definition) is 4. The van der Waals surface area contributed by atoms with Crippen LogP contribution in [0.25, 0.3) is 28.1 Å². The van der Waals surface area contributed by atoms with E-state index in [-0.39, 0.29) is 24.7 Å². The Kier molecular flexibility index (Phi) is 8.43. The van der Waals surface area contributed by atoms with Gasteiger partial charge in [-0.05, 0) is 50.6 Å². The fourth-order valence-electron chi connectivity index (χ4n) is 4.14. The van der Waals surface area contributed by atoms with Crippen LogP contribution in [0.5, 0.6) is 0 Å². The van der Waals surface area contributed by atoms with Crippen LogP contribution >= 0.6 is 0 Å². The van der Waals surface area contributed by atoms with Crippen molar-refractivity contribution in [3.63, 3.8) is 0 Å². The number of rotatable bonds is 10. The van der Waals surface area contributed by atoms with E-state index in [4.69, 9.17) is 5.11 Å². The number of hydrogen-bond acceptors (Lipinski definition) is 4. The van der Waals surface area contributed by atoms with E-state index in [2.05, 4.69) is 23.7 Å². The van der Waals surface area contributed by atoms with Crippen LogP contribution in [-0.4, -0.2) is 50.0 Å². The molecule has 3 aromatic rings. The number of halogens is 1. The Morgan fingerprint density at radius 1 is 1.06 bits per heavy atom. The van der Waals surface area contributed by atoms with Gasteiger partial charge in [0.05, 0.1) is 18.6 Å². The monoisotopic (exact) mass is 482 g/mol. The first-order valence-corrected chi connectivity index (χ1v) is 11.5. The molecule has 35 heavy (non-hydrogen) atoms. The molecule has 3 atom stereocenters. The number of carboxylic acid groups (broad SMARTS) is 1. The fourth-order valence-corrected chi connectivity index (χ4v) is 4.14. The smallest absolute Gasteiger partial charge is 0.325 e. The van der Waals surface area contributed by atoms with E-state index in [1.807, 2.05) is 24.3 Å². The molecule has 2 aromatic carbocycles. The molecule has 7 nitrogen and oxygen atoms in total. The van der Waals surface area contributed by atoms with E-state index in [1.54, 1.807) is 24.3 Å². The summed E-state index contributed by atoms with van der Waals surface area (Å²) in [6.07, 6.45) is 0.719. The van der Waals surface area contributed by atoms with Crippen molar-refractivity contribution in [2.75, 3.05) is 0 Å². The standard InChI is InChI=1S/C27H31FN2O5/c1-16(2)30-23-7-5-4-6-22(23)26(18-8-10-19(28)11-9-18)24(30)13-12-20(31)14-21(32)15-25(33)29-17(3)27(34)35/h4-13,16-17,20-21,31-32H,14-15H2,1-3H3,(H,29,33)(H,34,35)/t17-,20+,21+/m1/s1. The number of nitrogens with one attached hydrogen (secondary N) is 1. The molecular weight excluding hydrogens is 451 g/mol. The number of benzene rings is 2. The molecule has 186 valence electrons. The second kappa shape index (κ2) is 11.3. The van der Waals surface area contributed by atoms with Crippen LogP contribution in [0.4, 0.5) is 4.39 Å². The van der Waals surface area contributed by atoms with E-state index in [0.717, 1.165) is 27.7 Å². The number of aromatic nitrogens is 1. The van der Waals surface area contributed by atoms with Crippen LogP contribution in [0.3, 0.4) is 0 Å². The summed E-state index contributed by atoms with van der Waals surface area (Å²) < 4.78 is 15.7. The number of amides is 1. The number of aliphatic hydroxyl groups is 2. The molecule has 1 aromatic heterocycles. The third-order valence-corrected chi connectivity index (χ3v) is 5.76. The average molecular weight is 483 g/mol. The lowest BCUT2D eigenvalue weighted by molar-refractivity contribution is -0.141. The molecule has 0 aliphatic carbocycles. The molecule has 0 unspecified atom stereocenters. The number of nitrogens with zero attached hydrogens (tertiary/aromatic N) is 1. The lowest BCUT2D eigenvalue weighted by Crippen LogP contribution is -2.39. The first-order valence-electron chi connectivity index (χ1n) is 11.5. The Morgan fingerprint density at radius 2 is 1.71 bits per heavy atom. The van der Waals surface area contributed by atoms with E-state index in [1.165, 1.54) is 19.1 Å². The number of carboxylic acids is 1. The highest BCUT2D eigenvalue weighted by Gasteiger charge is 2.20. The van der Waals surface area contributed by atoms with Crippen LogP contribution in [0, 0.1) is 5.82 Å². The molecule has 0 aliphatic rings. The van der Waals surface area contributed by atoms with Gasteiger partial charge >= 0.3 is 5.97 Å². The van der Waals surface area contributed by atoms with Crippen molar-refractivity contribution in [1.82, 2.24) is 9.88 Å². The zero-order valence-corrected chi connectivity index (χ0v) is 20.0. The molecule has 0 fully saturated rings. The number of aliphatic hydroxyl groups excluding tert-OH is 2. The highest BCUT2D eigenvalue weighted by Crippen LogP contribution is 2.38. The molecule has 8 heteroatoms. The first kappa shape index (κ1) is 26.1. The maximum absolute atomic E-state index is 13.6. The molecular formula is C27H31FN2O5. The summed E-state index contributed by atoms with van der Waals surface area (Å²) in [5.74, 6) is -2.11. The van der Waals surface area contributed by atoms with Gasteiger partial charge < -0.3 is 25.2 Å². The molecule has 0 bridgehead atoms. The normalized spacial score (nSPS) is 14.4. The van der Waals surface area contributed by atoms with Crippen molar-refractivity contribution in [2.45, 2.75) is 57.9 Å². The van der Waals surface area contributed by atoms with E-state index in [9.17, 15) is 24.2 Å². The summed E-state index contributed by atoms with van der Waals surface area (Å²) in [4.78, 5) is 22.8. The lowest BCUT2D eigenvalue weighted by Gasteiger charge is -2.16. The Hall–Kier alpha value is -3.49. The molecule has 4 N–H and O–H groups in total. The topological polar surface area (TPSA) is 112 Å². The number of carbonyl (C=O) groups is 2. The third kappa shape index (κ3) is 6.35. The van der Waals surface area contributed by atoms with E-state index in [0.29, 0.717) is 0 Å². The molecule has 0 saturated carbocycles. The molecule has 1 heterocycles. The predicted molar refractivity (Wildman–Crippen MR) is 133 cm³/mol. The third-order valence-electron chi connectivity index (χ3n) is 5.76. The van der Waals surface area contributed by atoms with Crippen LogP contribution < -0.4 is 5.32 Å². The van der Waals surface area contributed by atoms with Crippen LogP contribution in [-0.2, 0) is 9.59 Å². The summed E-state index contributed by atoms with van der Waals surface area (Å²) >= 11 is 0. The van der Waals surface area contributed by atoms with Gasteiger partial charge in [-0.2, -0.15) is 0 Å². The van der Waals surface area contributed by atoms with Gasteiger partial charge in [-0.3, -0.25) is 9.59 Å². The van der Waals surface area contributed by atoms with E-state index < -0.39 is 30.1 Å². The number of carbonyl (C=O) groups excluding carboxylic acids is 1.